The molecule has 90 heavy (non-hydrogen) atoms. The highest BCUT2D eigenvalue weighted by molar-refractivity contribution is 14.1. The molecule has 0 saturated heterocycles. The van der Waals surface area contributed by atoms with Gasteiger partial charge in [-0.15, -0.1) is 0 Å². The van der Waals surface area contributed by atoms with E-state index < -0.39 is 49.6 Å². The Hall–Kier alpha value is -10.8. The van der Waals surface area contributed by atoms with Crippen LogP contribution in [0.15, 0.2) is 188 Å². The third-order valence-electron chi connectivity index (χ3n) is 13.4. The first-order chi connectivity index (χ1) is 43.1. The largest absolute Gasteiger partial charge is 0.463 e. The highest BCUT2D eigenvalue weighted by atomic mass is 127. The van der Waals surface area contributed by atoms with E-state index >= 15 is 0 Å². The maximum absolute atomic E-state index is 11.1. The number of benzene rings is 8. The third kappa shape index (κ3) is 19.6. The molecule has 8 N–H and O–H groups in total. The average Bonchev–Trinajstić information content (AvgIpc) is 1.17. The molecule has 0 atom stereocenters. The van der Waals surface area contributed by atoms with E-state index in [9.17, 15) is 64.4 Å². The molecule has 8 aromatic carbocycles. The Labute approximate surface area is 529 Å². The Balaban J connectivity index is 0.000000174. The summed E-state index contributed by atoms with van der Waals surface area (Å²) in [5.41, 5.74) is 14.0. The van der Waals surface area contributed by atoms with E-state index in [4.69, 9.17) is 17.9 Å². The van der Waals surface area contributed by atoms with Gasteiger partial charge in [0.2, 0.25) is 17.7 Å². The molecule has 0 spiro atoms. The van der Waals surface area contributed by atoms with Crippen LogP contribution in [0.3, 0.4) is 0 Å². The standard InChI is InChI=1S/C19H17P.C11H10N2O6.C9H8INO.C9H11N3O.C9H10N2O.C7H4N2O5/c1-20(17-11-5-2-6-12-17,18-13-7-3-8-14-18)19-15-9-4-10-16-19;1-2-19-11(14)6-4-8-3-5-9(12(15)16)7-10(8)13(17)18;10-7-3-1-6-2-4-9(12)11-8(6)5-7;10-12-7-3-1-6-2-4-9(13)11-8(6)5-7;10-7-3-1-6-2-4-9(12)11-8(6)5-7;10-4-5-1-2-6(8(11)12)3-7(5)9(13)14/h2-16H,1H2;3-7H,2H2,1H3;1,3,5H,2,4H2,(H,11,12);1,3,5,12H,2,4,10H2,(H,11,13);1,3,5H,2,4,10H2,(H,11,12);1-4H/b;6-4+;;;;. The lowest BCUT2D eigenvalue weighted by Crippen LogP contribution is -2.25. The number of ether oxygens (including phenoxy) is 1. The van der Waals surface area contributed by atoms with Gasteiger partial charge in [-0.05, 0) is 143 Å². The predicted octanol–water partition coefficient (Wildman–Crippen LogP) is 11.0. The van der Waals surface area contributed by atoms with Gasteiger partial charge in [0.15, 0.2) is 6.29 Å². The van der Waals surface area contributed by atoms with Crippen molar-refractivity contribution in [2.45, 2.75) is 45.4 Å². The topological polar surface area (TPSA) is 367 Å². The minimum Gasteiger partial charge on any atom is -0.463 e. The summed E-state index contributed by atoms with van der Waals surface area (Å²) in [6, 6.07) is 55.4. The summed E-state index contributed by atoms with van der Waals surface area (Å²) in [5, 5.41) is 54.4. The lowest BCUT2D eigenvalue weighted by atomic mass is 10.0. The molecule has 8 aromatic rings. The molecule has 0 unspecified atom stereocenters. The van der Waals surface area contributed by atoms with E-state index in [2.05, 4.69) is 152 Å². The van der Waals surface area contributed by atoms with Crippen molar-refractivity contribution >= 4 is 139 Å². The molecule has 0 radical (unpaired) electrons. The summed E-state index contributed by atoms with van der Waals surface area (Å²) in [6.07, 6.45) is 11.5. The molecule has 26 heteroatoms. The van der Waals surface area contributed by atoms with E-state index in [1.807, 2.05) is 36.4 Å². The van der Waals surface area contributed by atoms with Gasteiger partial charge in [-0.2, -0.15) is 0 Å². The number of non-ortho nitro benzene ring substituents is 2. The van der Waals surface area contributed by atoms with Crippen molar-refractivity contribution in [2.75, 3.05) is 33.7 Å². The number of nitro groups is 4. The van der Waals surface area contributed by atoms with Gasteiger partial charge >= 0.3 is 5.97 Å². The summed E-state index contributed by atoms with van der Waals surface area (Å²) in [6.45, 7) is 0.0347. The van der Waals surface area contributed by atoms with Crippen LogP contribution >= 0.6 is 29.5 Å². The number of carbonyl (C=O) groups is 5. The second-order valence-corrected chi connectivity index (χ2v) is 23.8. The first kappa shape index (κ1) is 68.4. The molecule has 0 saturated carbocycles. The number of halogens is 1. The number of anilines is 5. The number of aldehydes is 1. The molecule has 0 fully saturated rings. The van der Waals surface area contributed by atoms with Crippen molar-refractivity contribution in [3.8, 4) is 0 Å². The molecule has 3 aliphatic rings. The van der Waals surface area contributed by atoms with Crippen LogP contribution in [0.4, 0.5) is 51.2 Å². The summed E-state index contributed by atoms with van der Waals surface area (Å²) >= 11 is 2.24. The molecule has 24 nitrogen and oxygen atoms in total. The predicted molar refractivity (Wildman–Crippen MR) is 358 cm³/mol. The van der Waals surface area contributed by atoms with Gasteiger partial charge in [0.25, 0.3) is 22.7 Å². The monoisotopic (exact) mass is 1350 g/mol. The van der Waals surface area contributed by atoms with Crippen molar-refractivity contribution < 1.29 is 48.4 Å². The van der Waals surface area contributed by atoms with Crippen LogP contribution in [0.25, 0.3) is 6.08 Å². The molecule has 11 rings (SSSR count). The Bertz CT molecular complexity index is 3860. The van der Waals surface area contributed by atoms with E-state index in [1.165, 1.54) is 44.7 Å². The number of hydrogen-bond acceptors (Lipinski definition) is 17. The van der Waals surface area contributed by atoms with E-state index in [-0.39, 0.29) is 47.4 Å². The first-order valence-corrected chi connectivity index (χ1v) is 30.4. The van der Waals surface area contributed by atoms with E-state index in [1.54, 1.807) is 13.0 Å². The van der Waals surface area contributed by atoms with Crippen LogP contribution in [0.1, 0.15) is 58.8 Å². The number of amides is 3. The fraction of sp³-hybridized carbons (Fsp3) is 0.125. The van der Waals surface area contributed by atoms with Crippen molar-refractivity contribution in [3.63, 3.8) is 0 Å². The quantitative estimate of drug-likeness (QED) is 0.00761. The summed E-state index contributed by atoms with van der Waals surface area (Å²) < 4.78 is 5.78. The van der Waals surface area contributed by atoms with Gasteiger partial charge in [-0.1, -0.05) is 115 Å². The Kier molecular flexibility index (Phi) is 25.4. The van der Waals surface area contributed by atoms with Crippen LogP contribution in [-0.2, 0) is 43.2 Å². The van der Waals surface area contributed by atoms with Crippen molar-refractivity contribution in [2.24, 2.45) is 5.84 Å². The molecular formula is C64H60IN10O14P. The first-order valence-electron chi connectivity index (χ1n) is 27.4. The van der Waals surface area contributed by atoms with Crippen molar-refractivity contribution in [1.29, 1.82) is 0 Å². The number of fused-ring (bicyclic) bond motifs is 3. The van der Waals surface area contributed by atoms with Crippen molar-refractivity contribution in [1.82, 2.24) is 0 Å². The lowest BCUT2D eigenvalue weighted by Gasteiger charge is -2.26. The number of nitrogens with zero attached hydrogens (tertiary/aromatic N) is 4. The van der Waals surface area contributed by atoms with Crippen molar-refractivity contribution in [3.05, 3.63) is 260 Å². The van der Waals surface area contributed by atoms with Gasteiger partial charge in [-0.25, -0.2) is 4.79 Å². The maximum atomic E-state index is 11.1. The van der Waals surface area contributed by atoms with Gasteiger partial charge < -0.3 is 31.8 Å². The zero-order valence-electron chi connectivity index (χ0n) is 48.2. The number of nitrogen functional groups attached to an aromatic ring is 2. The summed E-state index contributed by atoms with van der Waals surface area (Å²) in [7, 11) is 0. The summed E-state index contributed by atoms with van der Waals surface area (Å²) in [5.74, 6) is 4.89. The molecule has 3 aliphatic heterocycles. The minimum absolute atomic E-state index is 0.0710. The third-order valence-corrected chi connectivity index (χ3v) is 17.6. The van der Waals surface area contributed by atoms with Gasteiger partial charge in [0.1, 0.15) is 0 Å². The minimum atomic E-state index is -1.78. The molecule has 0 bridgehead atoms. The smallest absolute Gasteiger partial charge is 0.330 e. The Morgan fingerprint density at radius 1 is 0.567 bits per heavy atom. The maximum Gasteiger partial charge on any atom is 0.330 e. The van der Waals surface area contributed by atoms with Crippen LogP contribution < -0.4 is 48.9 Å². The molecule has 0 aliphatic carbocycles. The number of nitrogens with two attached hydrogens (primary N) is 2. The van der Waals surface area contributed by atoms with E-state index in [0.29, 0.717) is 24.9 Å². The number of hydrazine groups is 1. The Morgan fingerprint density at radius 3 is 1.40 bits per heavy atom. The van der Waals surface area contributed by atoms with Crippen LogP contribution in [-0.4, -0.2) is 62.6 Å². The zero-order chi connectivity index (χ0) is 65.3. The number of hydrogen-bond donors (Lipinski definition) is 6. The number of carbonyl (C=O) groups excluding carboxylic acids is 5. The van der Waals surface area contributed by atoms with Gasteiger partial charge in [-0.3, -0.25) is 65.5 Å². The van der Waals surface area contributed by atoms with Gasteiger partial charge in [0, 0.05) is 63.8 Å². The lowest BCUT2D eigenvalue weighted by molar-refractivity contribution is -0.394. The average molecular weight is 1350 g/mol. The second kappa shape index (κ2) is 33.4. The molecule has 462 valence electrons. The number of aryl methyl sites for hydroxylation is 3. The summed E-state index contributed by atoms with van der Waals surface area (Å²) in [4.78, 5) is 93.4. The zero-order valence-corrected chi connectivity index (χ0v) is 51.2. The highest BCUT2D eigenvalue weighted by Crippen LogP contribution is 2.41. The van der Waals surface area contributed by atoms with Gasteiger partial charge in [0.05, 0.1) is 55.2 Å². The normalized spacial score (nSPS) is 12.3. The molecular weight excluding hydrogens is 1290 g/mol. The molecule has 3 heterocycles. The molecule has 3 amide bonds. The number of nitro benzene ring substituents is 4. The fourth-order valence-corrected chi connectivity index (χ4v) is 12.3. The SMILES string of the molecule is C=P(c1ccccc1)(c1ccccc1)c1ccccc1.CCOC(=O)/C=C/c1ccc([N+](=O)[O-])cc1[N+](=O)[O-].NNc1ccc2c(c1)NC(=O)CC2.Nc1ccc2c(c1)NC(=O)CC2.O=C1CCc2ccc(I)cc2N1.O=Cc1ccc([N+](=O)[O-])cc1[N+](=O)[O-]. The number of esters is 1. The second-order valence-electron chi connectivity index (χ2n) is 19.4. The highest BCUT2D eigenvalue weighted by Gasteiger charge is 2.23. The van der Waals surface area contributed by atoms with Crippen LogP contribution in [0.5, 0.6) is 0 Å². The van der Waals surface area contributed by atoms with Crippen LogP contribution in [0.2, 0.25) is 0 Å². The number of rotatable bonds is 12. The number of nitrogens with one attached hydrogen (secondary N) is 4. The van der Waals surface area contributed by atoms with E-state index in [0.717, 1.165) is 82.0 Å². The van der Waals surface area contributed by atoms with Crippen LogP contribution in [0, 0.1) is 44.0 Å². The Morgan fingerprint density at radius 2 is 0.978 bits per heavy atom. The fourth-order valence-electron chi connectivity index (χ4n) is 8.89. The molecule has 0 aromatic heterocycles.